The third kappa shape index (κ3) is 9.03. The summed E-state index contributed by atoms with van der Waals surface area (Å²) >= 11 is 1.33. The lowest BCUT2D eigenvalue weighted by Crippen LogP contribution is -2.52. The highest BCUT2D eigenvalue weighted by Crippen LogP contribution is 2.01. The SMILES string of the molecule is CSC[C@H](NC(=O)CCCC(=O)O)C(=O)NC(C=O)CO. The summed E-state index contributed by atoms with van der Waals surface area (Å²) in [5, 5.41) is 22.1. The van der Waals surface area contributed by atoms with Gasteiger partial charge in [0.05, 0.1) is 6.61 Å². The first kappa shape index (κ1) is 19.4. The van der Waals surface area contributed by atoms with Crippen molar-refractivity contribution in [3.63, 3.8) is 0 Å². The van der Waals surface area contributed by atoms with E-state index < -0.39 is 36.5 Å². The maximum Gasteiger partial charge on any atom is 0.303 e. The summed E-state index contributed by atoms with van der Waals surface area (Å²) in [6.07, 6.45) is 2.22. The lowest BCUT2D eigenvalue weighted by atomic mass is 10.2. The molecule has 8 nitrogen and oxygen atoms in total. The van der Waals surface area contributed by atoms with Crippen molar-refractivity contribution in [3.8, 4) is 0 Å². The predicted octanol–water partition coefficient (Wildman–Crippen LogP) is -1.23. The number of carbonyl (C=O) groups excluding carboxylic acids is 3. The van der Waals surface area contributed by atoms with Gasteiger partial charge in [-0.15, -0.1) is 0 Å². The number of rotatable bonds is 11. The van der Waals surface area contributed by atoms with E-state index in [1.54, 1.807) is 6.26 Å². The second-order valence-electron chi connectivity index (χ2n) is 4.26. The van der Waals surface area contributed by atoms with Crippen LogP contribution >= 0.6 is 11.8 Å². The van der Waals surface area contributed by atoms with E-state index in [0.717, 1.165) is 0 Å². The van der Waals surface area contributed by atoms with Gasteiger partial charge in [-0.1, -0.05) is 0 Å². The van der Waals surface area contributed by atoms with Gasteiger partial charge in [0, 0.05) is 18.6 Å². The van der Waals surface area contributed by atoms with E-state index in [4.69, 9.17) is 10.2 Å². The number of carboxylic acids is 1. The zero-order valence-electron chi connectivity index (χ0n) is 11.7. The number of carbonyl (C=O) groups is 4. The summed E-state index contributed by atoms with van der Waals surface area (Å²) in [6.45, 7) is -0.520. The van der Waals surface area contributed by atoms with Crippen LogP contribution in [0.2, 0.25) is 0 Å². The van der Waals surface area contributed by atoms with Crippen molar-refractivity contribution in [3.05, 3.63) is 0 Å². The highest BCUT2D eigenvalue weighted by molar-refractivity contribution is 7.98. The molecule has 0 saturated carbocycles. The molecular formula is C12H20N2O6S. The third-order valence-corrected chi connectivity index (χ3v) is 3.13. The topological polar surface area (TPSA) is 133 Å². The second kappa shape index (κ2) is 11.1. The van der Waals surface area contributed by atoms with Crippen LogP contribution in [0.25, 0.3) is 0 Å². The van der Waals surface area contributed by atoms with Crippen LogP contribution in [-0.4, -0.2) is 65.0 Å². The first-order chi connectivity index (χ1) is 9.94. The van der Waals surface area contributed by atoms with Crippen molar-refractivity contribution < 1.29 is 29.4 Å². The highest BCUT2D eigenvalue weighted by atomic mass is 32.2. The lowest BCUT2D eigenvalue weighted by molar-refractivity contribution is -0.137. The van der Waals surface area contributed by atoms with Crippen LogP contribution in [-0.2, 0) is 19.2 Å². The number of amides is 2. The molecule has 0 spiro atoms. The van der Waals surface area contributed by atoms with Crippen LogP contribution in [0.15, 0.2) is 0 Å². The average molecular weight is 320 g/mol. The zero-order chi connectivity index (χ0) is 16.3. The first-order valence-corrected chi connectivity index (χ1v) is 7.70. The minimum Gasteiger partial charge on any atom is -0.481 e. The fourth-order valence-corrected chi connectivity index (χ4v) is 1.99. The van der Waals surface area contributed by atoms with Gasteiger partial charge in [-0.3, -0.25) is 14.4 Å². The molecule has 21 heavy (non-hydrogen) atoms. The molecule has 0 aliphatic carbocycles. The summed E-state index contributed by atoms with van der Waals surface area (Å²) in [6, 6.07) is -1.85. The molecule has 4 N–H and O–H groups in total. The minimum absolute atomic E-state index is 0.00156. The van der Waals surface area contributed by atoms with Gasteiger partial charge in [0.15, 0.2) is 0 Å². The zero-order valence-corrected chi connectivity index (χ0v) is 12.5. The van der Waals surface area contributed by atoms with E-state index >= 15 is 0 Å². The number of aliphatic hydroxyl groups excluding tert-OH is 1. The van der Waals surface area contributed by atoms with E-state index in [9.17, 15) is 19.2 Å². The molecule has 0 heterocycles. The number of carboxylic acid groups (broad SMARTS) is 1. The van der Waals surface area contributed by atoms with E-state index in [1.165, 1.54) is 11.8 Å². The maximum absolute atomic E-state index is 11.9. The van der Waals surface area contributed by atoms with Crippen LogP contribution in [0.5, 0.6) is 0 Å². The van der Waals surface area contributed by atoms with Crippen molar-refractivity contribution in [2.75, 3.05) is 18.6 Å². The molecule has 0 fully saturated rings. The van der Waals surface area contributed by atoms with Gasteiger partial charge in [-0.25, -0.2) is 0 Å². The minimum atomic E-state index is -1.01. The Hall–Kier alpha value is -1.61. The lowest BCUT2D eigenvalue weighted by Gasteiger charge is -2.19. The number of thioether (sulfide) groups is 1. The predicted molar refractivity (Wildman–Crippen MR) is 76.9 cm³/mol. The summed E-state index contributed by atoms with van der Waals surface area (Å²) in [7, 11) is 0. The van der Waals surface area contributed by atoms with Gasteiger partial charge in [0.2, 0.25) is 11.8 Å². The molecule has 0 aromatic rings. The van der Waals surface area contributed by atoms with Crippen LogP contribution in [0.3, 0.4) is 0 Å². The molecule has 0 rings (SSSR count). The molecule has 0 bridgehead atoms. The number of hydrogen-bond donors (Lipinski definition) is 4. The second-order valence-corrected chi connectivity index (χ2v) is 5.17. The Labute approximate surface area is 126 Å². The van der Waals surface area contributed by atoms with Crippen LogP contribution in [0.4, 0.5) is 0 Å². The Kier molecular flexibility index (Phi) is 10.2. The molecule has 0 radical (unpaired) electrons. The fraction of sp³-hybridized carbons (Fsp3) is 0.667. The van der Waals surface area contributed by atoms with Gasteiger partial charge < -0.3 is 25.6 Å². The van der Waals surface area contributed by atoms with Gasteiger partial charge in [-0.05, 0) is 12.7 Å². The van der Waals surface area contributed by atoms with E-state index in [1.807, 2.05) is 0 Å². The fourth-order valence-electron chi connectivity index (χ4n) is 1.42. The summed E-state index contributed by atoms with van der Waals surface area (Å²) in [4.78, 5) is 44.4. The van der Waals surface area contributed by atoms with Crippen molar-refractivity contribution in [1.82, 2.24) is 10.6 Å². The van der Waals surface area contributed by atoms with Crippen molar-refractivity contribution in [1.29, 1.82) is 0 Å². The van der Waals surface area contributed by atoms with Crippen LogP contribution < -0.4 is 10.6 Å². The molecule has 9 heteroatoms. The molecule has 1 unspecified atom stereocenters. The quantitative estimate of drug-likeness (QED) is 0.350. The molecule has 0 aromatic heterocycles. The molecular weight excluding hydrogens is 300 g/mol. The molecule has 120 valence electrons. The largest absolute Gasteiger partial charge is 0.481 e. The monoisotopic (exact) mass is 320 g/mol. The van der Waals surface area contributed by atoms with Gasteiger partial charge in [-0.2, -0.15) is 11.8 Å². The molecule has 0 aliphatic rings. The van der Waals surface area contributed by atoms with E-state index in [0.29, 0.717) is 12.0 Å². The van der Waals surface area contributed by atoms with Crippen molar-refractivity contribution in [2.45, 2.75) is 31.3 Å². The Morgan fingerprint density at radius 2 is 1.90 bits per heavy atom. The van der Waals surface area contributed by atoms with E-state index in [2.05, 4.69) is 10.6 Å². The Balaban J connectivity index is 4.39. The number of nitrogens with one attached hydrogen (secondary N) is 2. The molecule has 2 atom stereocenters. The average Bonchev–Trinajstić information content (AvgIpc) is 2.43. The first-order valence-electron chi connectivity index (χ1n) is 6.31. The number of aldehydes is 1. The Morgan fingerprint density at radius 1 is 1.24 bits per heavy atom. The van der Waals surface area contributed by atoms with Crippen molar-refractivity contribution >= 4 is 35.8 Å². The number of aliphatic hydroxyl groups is 1. The highest BCUT2D eigenvalue weighted by Gasteiger charge is 2.22. The number of aliphatic carboxylic acids is 1. The van der Waals surface area contributed by atoms with Crippen molar-refractivity contribution in [2.24, 2.45) is 0 Å². The smallest absolute Gasteiger partial charge is 0.303 e. The standard InChI is InChI=1S/C12H20N2O6S/c1-21-7-9(12(20)13-8(5-15)6-16)14-10(17)3-2-4-11(18)19/h5,8-9,16H,2-4,6-7H2,1H3,(H,13,20)(H,14,17)(H,18,19)/t8?,9-/m0/s1. The van der Waals surface area contributed by atoms with Gasteiger partial charge in [0.1, 0.15) is 18.4 Å². The number of hydrogen-bond acceptors (Lipinski definition) is 6. The summed E-state index contributed by atoms with van der Waals surface area (Å²) in [5.41, 5.74) is 0. The third-order valence-electron chi connectivity index (χ3n) is 2.47. The summed E-state index contributed by atoms with van der Waals surface area (Å²) < 4.78 is 0. The molecule has 0 aliphatic heterocycles. The van der Waals surface area contributed by atoms with E-state index in [-0.39, 0.29) is 19.3 Å². The Bertz CT molecular complexity index is 377. The molecule has 0 saturated heterocycles. The summed E-state index contributed by atoms with van der Waals surface area (Å²) in [5.74, 6) is -1.69. The van der Waals surface area contributed by atoms with Gasteiger partial charge in [0.25, 0.3) is 0 Å². The van der Waals surface area contributed by atoms with Crippen LogP contribution in [0.1, 0.15) is 19.3 Å². The van der Waals surface area contributed by atoms with Crippen LogP contribution in [0, 0.1) is 0 Å². The Morgan fingerprint density at radius 3 is 2.38 bits per heavy atom. The normalized spacial score (nSPS) is 13.0. The molecule has 2 amide bonds. The van der Waals surface area contributed by atoms with Gasteiger partial charge >= 0.3 is 5.97 Å². The molecule has 0 aromatic carbocycles. The maximum atomic E-state index is 11.9.